The first kappa shape index (κ1) is 12.9. The van der Waals surface area contributed by atoms with E-state index in [1.807, 2.05) is 13.8 Å². The molecule has 1 saturated heterocycles. The van der Waals surface area contributed by atoms with Gasteiger partial charge in [-0.2, -0.15) is 0 Å². The van der Waals surface area contributed by atoms with Crippen molar-refractivity contribution in [3.05, 3.63) is 0 Å². The van der Waals surface area contributed by atoms with Crippen LogP contribution < -0.4 is 0 Å². The van der Waals surface area contributed by atoms with Crippen molar-refractivity contribution in [1.29, 1.82) is 0 Å². The minimum atomic E-state index is 0.798. The Morgan fingerprint density at radius 3 is 2.54 bits per heavy atom. The van der Waals surface area contributed by atoms with Crippen molar-refractivity contribution in [2.24, 2.45) is 5.92 Å². The Bertz CT molecular complexity index is 106. The average Bonchev–Trinajstić information content (AvgIpc) is 2.56. The van der Waals surface area contributed by atoms with Crippen LogP contribution in [0.2, 0.25) is 0 Å². The Balaban J connectivity index is 0.000000671. The molecule has 13 heavy (non-hydrogen) atoms. The van der Waals surface area contributed by atoms with E-state index in [-0.39, 0.29) is 0 Å². The first-order chi connectivity index (χ1) is 6.33. The Hall–Kier alpha value is -0.0800. The number of rotatable bonds is 4. The SMILES string of the molecule is CC.CCCOCC1CCN(C)C1. The second kappa shape index (κ2) is 8.52. The lowest BCUT2D eigenvalue weighted by Crippen LogP contribution is -2.16. The highest BCUT2D eigenvalue weighted by atomic mass is 16.5. The summed E-state index contributed by atoms with van der Waals surface area (Å²) in [6.07, 6.45) is 2.46. The number of ether oxygens (including phenoxy) is 1. The molecular formula is C11H25NO. The predicted octanol–water partition coefficient (Wildman–Crippen LogP) is 2.39. The predicted molar refractivity (Wildman–Crippen MR) is 58.1 cm³/mol. The maximum Gasteiger partial charge on any atom is 0.0506 e. The summed E-state index contributed by atoms with van der Waals surface area (Å²) in [7, 11) is 2.18. The lowest BCUT2D eigenvalue weighted by atomic mass is 10.1. The van der Waals surface area contributed by atoms with E-state index >= 15 is 0 Å². The van der Waals surface area contributed by atoms with Crippen LogP contribution >= 0.6 is 0 Å². The van der Waals surface area contributed by atoms with Gasteiger partial charge >= 0.3 is 0 Å². The van der Waals surface area contributed by atoms with E-state index in [0.717, 1.165) is 25.6 Å². The van der Waals surface area contributed by atoms with Gasteiger partial charge < -0.3 is 9.64 Å². The standard InChI is InChI=1S/C9H19NO.C2H6/c1-3-6-11-8-9-4-5-10(2)7-9;1-2/h9H,3-8H2,1-2H3;1-2H3. The Labute approximate surface area is 83.3 Å². The summed E-state index contributed by atoms with van der Waals surface area (Å²) in [5.41, 5.74) is 0. The Kier molecular flexibility index (Phi) is 8.46. The molecule has 0 N–H and O–H groups in total. The first-order valence-corrected chi connectivity index (χ1v) is 5.59. The van der Waals surface area contributed by atoms with Gasteiger partial charge in [-0.25, -0.2) is 0 Å². The van der Waals surface area contributed by atoms with Crippen LogP contribution in [-0.2, 0) is 4.74 Å². The van der Waals surface area contributed by atoms with Crippen molar-refractivity contribution in [1.82, 2.24) is 4.90 Å². The van der Waals surface area contributed by atoms with Crippen LogP contribution in [0, 0.1) is 5.92 Å². The van der Waals surface area contributed by atoms with E-state index in [1.165, 1.54) is 19.5 Å². The molecule has 80 valence electrons. The fraction of sp³-hybridized carbons (Fsp3) is 1.00. The monoisotopic (exact) mass is 187 g/mol. The third kappa shape index (κ3) is 6.05. The maximum absolute atomic E-state index is 5.49. The van der Waals surface area contributed by atoms with Gasteiger partial charge in [-0.05, 0) is 32.4 Å². The van der Waals surface area contributed by atoms with Crippen molar-refractivity contribution in [2.45, 2.75) is 33.6 Å². The topological polar surface area (TPSA) is 12.5 Å². The molecule has 1 fully saturated rings. The average molecular weight is 187 g/mol. The molecule has 0 aromatic heterocycles. The fourth-order valence-electron chi connectivity index (χ4n) is 1.56. The number of hydrogen-bond donors (Lipinski definition) is 0. The zero-order chi connectivity index (χ0) is 10.1. The minimum absolute atomic E-state index is 0.798. The van der Waals surface area contributed by atoms with Gasteiger partial charge in [0.2, 0.25) is 0 Å². The molecule has 0 radical (unpaired) electrons. The molecule has 1 rings (SSSR count). The Morgan fingerprint density at radius 1 is 1.38 bits per heavy atom. The van der Waals surface area contributed by atoms with Crippen LogP contribution in [-0.4, -0.2) is 38.3 Å². The molecule has 0 spiro atoms. The van der Waals surface area contributed by atoms with Crippen LogP contribution in [0.1, 0.15) is 33.6 Å². The van der Waals surface area contributed by atoms with Crippen molar-refractivity contribution in [3.8, 4) is 0 Å². The molecule has 1 aliphatic rings. The van der Waals surface area contributed by atoms with Gasteiger partial charge in [-0.15, -0.1) is 0 Å². The van der Waals surface area contributed by atoms with Gasteiger partial charge in [0.1, 0.15) is 0 Å². The third-order valence-electron chi connectivity index (χ3n) is 2.19. The molecule has 0 bridgehead atoms. The molecule has 1 atom stereocenters. The lowest BCUT2D eigenvalue weighted by Gasteiger charge is -2.09. The number of nitrogens with zero attached hydrogens (tertiary/aromatic N) is 1. The van der Waals surface area contributed by atoms with Crippen LogP contribution in [0.25, 0.3) is 0 Å². The lowest BCUT2D eigenvalue weighted by molar-refractivity contribution is 0.103. The summed E-state index contributed by atoms with van der Waals surface area (Å²) in [5.74, 6) is 0.798. The zero-order valence-electron chi connectivity index (χ0n) is 9.68. The smallest absolute Gasteiger partial charge is 0.0506 e. The molecule has 2 nitrogen and oxygen atoms in total. The molecule has 1 heterocycles. The van der Waals surface area contributed by atoms with Gasteiger partial charge in [-0.3, -0.25) is 0 Å². The summed E-state index contributed by atoms with van der Waals surface area (Å²) in [6.45, 7) is 10.5. The summed E-state index contributed by atoms with van der Waals surface area (Å²) in [6, 6.07) is 0. The summed E-state index contributed by atoms with van der Waals surface area (Å²) < 4.78 is 5.49. The van der Waals surface area contributed by atoms with Gasteiger partial charge in [0.15, 0.2) is 0 Å². The molecule has 0 amide bonds. The molecule has 0 aromatic carbocycles. The van der Waals surface area contributed by atoms with Crippen molar-refractivity contribution >= 4 is 0 Å². The molecule has 0 saturated carbocycles. The van der Waals surface area contributed by atoms with E-state index in [0.29, 0.717) is 0 Å². The second-order valence-corrected chi connectivity index (χ2v) is 3.49. The summed E-state index contributed by atoms with van der Waals surface area (Å²) >= 11 is 0. The largest absolute Gasteiger partial charge is 0.381 e. The quantitative estimate of drug-likeness (QED) is 0.627. The van der Waals surface area contributed by atoms with Crippen molar-refractivity contribution < 1.29 is 4.74 Å². The van der Waals surface area contributed by atoms with Crippen LogP contribution in [0.15, 0.2) is 0 Å². The fourth-order valence-corrected chi connectivity index (χ4v) is 1.56. The van der Waals surface area contributed by atoms with E-state index in [2.05, 4.69) is 18.9 Å². The number of likely N-dealkylation sites (tertiary alicyclic amines) is 1. The highest BCUT2D eigenvalue weighted by Gasteiger charge is 2.18. The zero-order valence-corrected chi connectivity index (χ0v) is 9.68. The molecule has 2 heteroatoms. The molecule has 0 aliphatic carbocycles. The highest BCUT2D eigenvalue weighted by Crippen LogP contribution is 2.14. The Morgan fingerprint density at radius 2 is 2.08 bits per heavy atom. The van der Waals surface area contributed by atoms with Crippen LogP contribution in [0.3, 0.4) is 0 Å². The van der Waals surface area contributed by atoms with Crippen LogP contribution in [0.4, 0.5) is 0 Å². The minimum Gasteiger partial charge on any atom is -0.381 e. The third-order valence-corrected chi connectivity index (χ3v) is 2.19. The summed E-state index contributed by atoms with van der Waals surface area (Å²) in [4.78, 5) is 2.37. The molecule has 0 aromatic rings. The van der Waals surface area contributed by atoms with Crippen molar-refractivity contribution in [3.63, 3.8) is 0 Å². The molecule has 1 aliphatic heterocycles. The van der Waals surface area contributed by atoms with E-state index in [4.69, 9.17) is 4.74 Å². The van der Waals surface area contributed by atoms with E-state index in [9.17, 15) is 0 Å². The van der Waals surface area contributed by atoms with Crippen molar-refractivity contribution in [2.75, 3.05) is 33.4 Å². The van der Waals surface area contributed by atoms with Gasteiger partial charge in [0.05, 0.1) is 6.61 Å². The van der Waals surface area contributed by atoms with E-state index < -0.39 is 0 Å². The van der Waals surface area contributed by atoms with Gasteiger partial charge in [-0.1, -0.05) is 20.8 Å². The normalized spacial score (nSPS) is 22.6. The highest BCUT2D eigenvalue weighted by molar-refractivity contribution is 4.71. The van der Waals surface area contributed by atoms with E-state index in [1.54, 1.807) is 0 Å². The summed E-state index contributed by atoms with van der Waals surface area (Å²) in [5, 5.41) is 0. The second-order valence-electron chi connectivity index (χ2n) is 3.49. The van der Waals surface area contributed by atoms with Gasteiger partial charge in [0, 0.05) is 13.2 Å². The molecule has 1 unspecified atom stereocenters. The maximum atomic E-state index is 5.49. The first-order valence-electron chi connectivity index (χ1n) is 5.59. The van der Waals surface area contributed by atoms with Gasteiger partial charge in [0.25, 0.3) is 0 Å². The number of hydrogen-bond acceptors (Lipinski definition) is 2. The molecular weight excluding hydrogens is 162 g/mol. The van der Waals surface area contributed by atoms with Crippen LogP contribution in [0.5, 0.6) is 0 Å².